The molecule has 0 fully saturated rings. The van der Waals surface area contributed by atoms with Gasteiger partial charge in [0.05, 0.1) is 6.33 Å². The lowest BCUT2D eigenvalue weighted by Gasteiger charge is -2.26. The number of carbonyl (C=O) groups is 1. The molecule has 0 unspecified atom stereocenters. The van der Waals surface area contributed by atoms with Gasteiger partial charge < -0.3 is 15.6 Å². The van der Waals surface area contributed by atoms with Gasteiger partial charge in [-0.1, -0.05) is 29.8 Å². The topological polar surface area (TPSA) is 73.0 Å². The molecule has 0 atom stereocenters. The number of nitrogens with zero attached hydrogens (tertiary/aromatic N) is 2. The van der Waals surface area contributed by atoms with Crippen molar-refractivity contribution in [1.82, 2.24) is 20.2 Å². The van der Waals surface area contributed by atoms with Crippen molar-refractivity contribution < 1.29 is 4.79 Å². The van der Waals surface area contributed by atoms with Crippen LogP contribution in [0.5, 0.6) is 0 Å². The second kappa shape index (κ2) is 8.31. The van der Waals surface area contributed by atoms with Crippen molar-refractivity contribution in [2.75, 3.05) is 25.0 Å². The highest BCUT2D eigenvalue weighted by Crippen LogP contribution is 2.14. The maximum atomic E-state index is 11.9. The predicted molar refractivity (Wildman–Crippen MR) is 94.6 cm³/mol. The van der Waals surface area contributed by atoms with E-state index in [1.54, 1.807) is 6.33 Å². The van der Waals surface area contributed by atoms with E-state index in [1.165, 1.54) is 5.57 Å². The Morgan fingerprint density at radius 3 is 2.96 bits per heavy atom. The maximum absolute atomic E-state index is 11.9. The van der Waals surface area contributed by atoms with Gasteiger partial charge in [-0.3, -0.25) is 4.90 Å². The number of benzene rings is 1. The fourth-order valence-electron chi connectivity index (χ4n) is 2.84. The normalized spacial score (nSPS) is 14.9. The Morgan fingerprint density at radius 1 is 1.29 bits per heavy atom. The number of hydrogen-bond donors (Lipinski definition) is 3. The molecule has 2 amide bonds. The summed E-state index contributed by atoms with van der Waals surface area (Å²) in [7, 11) is 0. The smallest absolute Gasteiger partial charge is 0.319 e. The molecule has 1 aromatic heterocycles. The first-order chi connectivity index (χ1) is 11.8. The average Bonchev–Trinajstić information content (AvgIpc) is 3.09. The Balaban J connectivity index is 1.38. The van der Waals surface area contributed by atoms with Gasteiger partial charge in [0.1, 0.15) is 0 Å². The van der Waals surface area contributed by atoms with Crippen molar-refractivity contribution in [2.24, 2.45) is 0 Å². The number of nitrogens with one attached hydrogen (secondary N) is 3. The molecule has 126 valence electrons. The maximum Gasteiger partial charge on any atom is 0.319 e. The van der Waals surface area contributed by atoms with Crippen molar-refractivity contribution in [3.05, 3.63) is 60.2 Å². The van der Waals surface area contributed by atoms with Crippen molar-refractivity contribution in [2.45, 2.75) is 19.4 Å². The highest BCUT2D eigenvalue weighted by atomic mass is 16.2. The van der Waals surface area contributed by atoms with Gasteiger partial charge in [-0.05, 0) is 25.0 Å². The van der Waals surface area contributed by atoms with Crippen LogP contribution in [0.15, 0.2) is 54.5 Å². The Morgan fingerprint density at radius 2 is 2.17 bits per heavy atom. The van der Waals surface area contributed by atoms with Crippen molar-refractivity contribution in [1.29, 1.82) is 0 Å². The summed E-state index contributed by atoms with van der Waals surface area (Å²) in [5, 5.41) is 5.74. The van der Waals surface area contributed by atoms with Crippen molar-refractivity contribution in [3.8, 4) is 0 Å². The first-order valence-corrected chi connectivity index (χ1v) is 8.27. The summed E-state index contributed by atoms with van der Waals surface area (Å²) in [4.78, 5) is 21.5. The molecule has 1 aliphatic rings. The van der Waals surface area contributed by atoms with E-state index in [9.17, 15) is 4.79 Å². The average molecular weight is 325 g/mol. The molecule has 2 heterocycles. The summed E-state index contributed by atoms with van der Waals surface area (Å²) < 4.78 is 0. The van der Waals surface area contributed by atoms with Gasteiger partial charge in [0.25, 0.3) is 0 Å². The highest BCUT2D eigenvalue weighted by molar-refractivity contribution is 5.89. The molecule has 0 aliphatic carbocycles. The van der Waals surface area contributed by atoms with E-state index in [2.05, 4.69) is 31.6 Å². The number of carbonyl (C=O) groups excluding carboxylic acids is 1. The largest absolute Gasteiger partial charge is 0.347 e. The van der Waals surface area contributed by atoms with Crippen LogP contribution in [-0.4, -0.2) is 40.5 Å². The summed E-state index contributed by atoms with van der Waals surface area (Å²) >= 11 is 0. The van der Waals surface area contributed by atoms with E-state index in [1.807, 2.05) is 36.5 Å². The molecule has 0 bridgehead atoms. The van der Waals surface area contributed by atoms with Crippen LogP contribution in [0.3, 0.4) is 0 Å². The minimum atomic E-state index is -0.160. The first kappa shape index (κ1) is 16.3. The lowest BCUT2D eigenvalue weighted by atomic mass is 10.1. The summed E-state index contributed by atoms with van der Waals surface area (Å²) in [6, 6.07) is 9.31. The Labute approximate surface area is 142 Å². The van der Waals surface area contributed by atoms with E-state index in [0.717, 1.165) is 43.9 Å². The molecule has 1 aromatic carbocycles. The zero-order valence-electron chi connectivity index (χ0n) is 13.7. The third-order valence-electron chi connectivity index (χ3n) is 4.02. The monoisotopic (exact) mass is 325 g/mol. The standard InChI is InChI=1S/C18H23N5O/c24-18(22-16-6-2-1-3-7-16)20-9-8-15-5-4-10-23(12-15)13-17-11-19-14-21-17/h1-3,5-7,11,14H,4,8-10,12-13H2,(H,19,21)(H2,20,22,24). The van der Waals surface area contributed by atoms with Gasteiger partial charge in [-0.25, -0.2) is 9.78 Å². The minimum absolute atomic E-state index is 0.160. The Hall–Kier alpha value is -2.60. The molecule has 24 heavy (non-hydrogen) atoms. The highest BCUT2D eigenvalue weighted by Gasteiger charge is 2.13. The lowest BCUT2D eigenvalue weighted by Crippen LogP contribution is -2.33. The van der Waals surface area contributed by atoms with Crippen LogP contribution in [0.1, 0.15) is 18.5 Å². The number of amides is 2. The fourth-order valence-corrected chi connectivity index (χ4v) is 2.84. The molecule has 0 saturated carbocycles. The lowest BCUT2D eigenvalue weighted by molar-refractivity contribution is 0.251. The molecule has 0 spiro atoms. The number of rotatable bonds is 6. The third-order valence-corrected chi connectivity index (χ3v) is 4.02. The Bertz CT molecular complexity index is 666. The van der Waals surface area contributed by atoms with Crippen LogP contribution in [0, 0.1) is 0 Å². The summed E-state index contributed by atoms with van der Waals surface area (Å²) in [5.41, 5.74) is 3.31. The van der Waals surface area contributed by atoms with Crippen LogP contribution < -0.4 is 10.6 Å². The summed E-state index contributed by atoms with van der Waals surface area (Å²) in [6.07, 6.45) is 7.81. The van der Waals surface area contributed by atoms with E-state index in [-0.39, 0.29) is 6.03 Å². The molecule has 3 rings (SSSR count). The molecule has 0 saturated heterocycles. The van der Waals surface area contributed by atoms with E-state index >= 15 is 0 Å². The number of aromatic nitrogens is 2. The third kappa shape index (κ3) is 4.96. The van der Waals surface area contributed by atoms with E-state index < -0.39 is 0 Å². The van der Waals surface area contributed by atoms with Crippen LogP contribution in [0.4, 0.5) is 10.5 Å². The zero-order chi connectivity index (χ0) is 16.6. The summed E-state index contributed by atoms with van der Waals surface area (Å²) in [5.74, 6) is 0. The van der Waals surface area contributed by atoms with Gasteiger partial charge in [0.2, 0.25) is 0 Å². The molecule has 0 radical (unpaired) electrons. The van der Waals surface area contributed by atoms with Crippen LogP contribution in [-0.2, 0) is 6.54 Å². The van der Waals surface area contributed by atoms with Gasteiger partial charge in [-0.15, -0.1) is 0 Å². The van der Waals surface area contributed by atoms with Crippen molar-refractivity contribution in [3.63, 3.8) is 0 Å². The molecule has 2 aromatic rings. The van der Waals surface area contributed by atoms with E-state index in [0.29, 0.717) is 6.54 Å². The van der Waals surface area contributed by atoms with Gasteiger partial charge in [0.15, 0.2) is 0 Å². The zero-order valence-corrected chi connectivity index (χ0v) is 13.7. The molecule has 6 heteroatoms. The Kier molecular flexibility index (Phi) is 5.63. The SMILES string of the molecule is O=C(NCCC1=CCCN(Cc2cnc[nH]2)C1)Nc1ccccc1. The number of H-pyrrole nitrogens is 1. The number of anilines is 1. The van der Waals surface area contributed by atoms with E-state index in [4.69, 9.17) is 0 Å². The first-order valence-electron chi connectivity index (χ1n) is 8.27. The quantitative estimate of drug-likeness (QED) is 0.715. The number of imidazole rings is 1. The minimum Gasteiger partial charge on any atom is -0.347 e. The number of urea groups is 1. The molecule has 6 nitrogen and oxygen atoms in total. The van der Waals surface area contributed by atoms with Gasteiger partial charge >= 0.3 is 6.03 Å². The van der Waals surface area contributed by atoms with Crippen LogP contribution in [0.25, 0.3) is 0 Å². The molecule has 3 N–H and O–H groups in total. The second-order valence-electron chi connectivity index (χ2n) is 5.94. The molecule has 1 aliphatic heterocycles. The second-order valence-corrected chi connectivity index (χ2v) is 5.94. The van der Waals surface area contributed by atoms with Crippen LogP contribution in [0.2, 0.25) is 0 Å². The molecular formula is C18H23N5O. The number of hydrogen-bond acceptors (Lipinski definition) is 3. The van der Waals surface area contributed by atoms with Crippen LogP contribution >= 0.6 is 0 Å². The number of aromatic amines is 1. The molecular weight excluding hydrogens is 302 g/mol. The van der Waals surface area contributed by atoms with Crippen molar-refractivity contribution >= 4 is 11.7 Å². The van der Waals surface area contributed by atoms with Gasteiger partial charge in [0, 0.05) is 43.8 Å². The predicted octanol–water partition coefficient (Wildman–Crippen LogP) is 2.75. The summed E-state index contributed by atoms with van der Waals surface area (Å²) in [6.45, 7) is 3.53. The van der Waals surface area contributed by atoms with Gasteiger partial charge in [-0.2, -0.15) is 0 Å². The fraction of sp³-hybridized carbons (Fsp3) is 0.333. The number of para-hydroxylation sites is 1.